The summed E-state index contributed by atoms with van der Waals surface area (Å²) >= 11 is 5.80. The molecule has 4 heteroatoms. The van der Waals surface area contributed by atoms with Crippen LogP contribution in [-0.2, 0) is 13.5 Å². The van der Waals surface area contributed by atoms with Gasteiger partial charge < -0.3 is 4.57 Å². The Morgan fingerprint density at radius 2 is 1.54 bits per heavy atom. The van der Waals surface area contributed by atoms with E-state index in [4.69, 9.17) is 16.9 Å². The second-order valence-electron chi connectivity index (χ2n) is 7.34. The topological polar surface area (TPSA) is 41.6 Å². The Bertz CT molecular complexity index is 1120. The van der Waals surface area contributed by atoms with Crippen molar-refractivity contribution in [3.05, 3.63) is 120 Å². The number of nitriles is 1. The standard InChI is InChI=1S/C15H18N2.C12H9Cl.C2H3N.C2H6/c1-17-13-16-12-15(17)11-14-9-7-5-3-2-4-6-8-10-14;13-12-8-6-11(7-9-12)10-4-2-1-3-5-10;1-2-3;1-2/h2-3,6-8,12-13H,4-5,10-11H2,1H3;1-9H;1H3;1-2H3. The van der Waals surface area contributed by atoms with Gasteiger partial charge in [0.15, 0.2) is 0 Å². The summed E-state index contributed by atoms with van der Waals surface area (Å²) in [5.74, 6) is 0. The van der Waals surface area contributed by atoms with E-state index in [-0.39, 0.29) is 0 Å². The molecule has 1 aliphatic carbocycles. The first-order valence-corrected chi connectivity index (χ1v) is 12.3. The molecule has 0 bridgehead atoms. The molecule has 1 aromatic heterocycles. The second kappa shape index (κ2) is 18.8. The van der Waals surface area contributed by atoms with Gasteiger partial charge in [-0.3, -0.25) is 0 Å². The van der Waals surface area contributed by atoms with Crippen LogP contribution in [-0.4, -0.2) is 9.55 Å². The molecule has 2 aromatic carbocycles. The van der Waals surface area contributed by atoms with E-state index in [1.807, 2.05) is 75.9 Å². The molecule has 1 aliphatic rings. The Morgan fingerprint density at radius 1 is 0.943 bits per heavy atom. The molecule has 35 heavy (non-hydrogen) atoms. The molecular weight excluding hydrogens is 450 g/mol. The summed E-state index contributed by atoms with van der Waals surface area (Å²) in [5.41, 5.74) is 8.38. The largest absolute Gasteiger partial charge is 0.337 e. The number of benzene rings is 2. The van der Waals surface area contributed by atoms with E-state index >= 15 is 0 Å². The summed E-state index contributed by atoms with van der Waals surface area (Å²) < 4.78 is 2.07. The van der Waals surface area contributed by atoms with Crippen LogP contribution < -0.4 is 0 Å². The van der Waals surface area contributed by atoms with Crippen molar-refractivity contribution < 1.29 is 0 Å². The number of nitrogens with zero attached hydrogens (tertiary/aromatic N) is 3. The van der Waals surface area contributed by atoms with Gasteiger partial charge in [0.2, 0.25) is 0 Å². The van der Waals surface area contributed by atoms with E-state index in [0.717, 1.165) is 30.7 Å². The summed E-state index contributed by atoms with van der Waals surface area (Å²) in [6.45, 7) is 5.43. The third kappa shape index (κ3) is 12.5. The van der Waals surface area contributed by atoms with E-state index in [1.54, 1.807) is 6.07 Å². The molecule has 182 valence electrons. The van der Waals surface area contributed by atoms with Gasteiger partial charge in [-0.25, -0.2) is 4.98 Å². The monoisotopic (exact) mass is 485 g/mol. The SMILES string of the molecule is CC.CC#N.Clc1ccc(-c2ccccc2)cc1.Cn1cncc1CC1=C=CCC=CCC=CC1. The van der Waals surface area contributed by atoms with Crippen LogP contribution in [0, 0.1) is 11.3 Å². The minimum Gasteiger partial charge on any atom is -0.337 e. The Morgan fingerprint density at radius 3 is 2.17 bits per heavy atom. The van der Waals surface area contributed by atoms with Crippen LogP contribution in [0.3, 0.4) is 0 Å². The Hall–Kier alpha value is -3.57. The van der Waals surface area contributed by atoms with Crippen LogP contribution in [0.15, 0.2) is 109 Å². The highest BCUT2D eigenvalue weighted by molar-refractivity contribution is 6.30. The molecule has 0 N–H and O–H groups in total. The van der Waals surface area contributed by atoms with Crippen molar-refractivity contribution in [2.45, 2.75) is 46.5 Å². The molecule has 0 saturated carbocycles. The van der Waals surface area contributed by atoms with Gasteiger partial charge in [0.1, 0.15) is 0 Å². The minimum absolute atomic E-state index is 0.777. The molecule has 3 aromatic rings. The van der Waals surface area contributed by atoms with Gasteiger partial charge in [-0.2, -0.15) is 5.26 Å². The van der Waals surface area contributed by atoms with Crippen LogP contribution in [0.5, 0.6) is 0 Å². The zero-order chi connectivity index (χ0) is 25.7. The normalized spacial score (nSPS) is 11.8. The first-order valence-electron chi connectivity index (χ1n) is 11.9. The van der Waals surface area contributed by atoms with Crippen LogP contribution >= 0.6 is 11.6 Å². The number of aryl methyl sites for hydroxylation is 1. The van der Waals surface area contributed by atoms with E-state index in [0.29, 0.717) is 0 Å². The summed E-state index contributed by atoms with van der Waals surface area (Å²) in [5, 5.41) is 8.10. The quantitative estimate of drug-likeness (QED) is 0.274. The summed E-state index contributed by atoms with van der Waals surface area (Å²) in [4.78, 5) is 4.15. The molecule has 0 saturated heterocycles. The zero-order valence-corrected chi connectivity index (χ0v) is 22.0. The second-order valence-corrected chi connectivity index (χ2v) is 7.78. The average molecular weight is 486 g/mol. The minimum atomic E-state index is 0.777. The van der Waals surface area contributed by atoms with Crippen molar-refractivity contribution in [1.82, 2.24) is 9.55 Å². The van der Waals surface area contributed by atoms with Gasteiger partial charge in [0, 0.05) is 37.3 Å². The number of allylic oxidation sites excluding steroid dienone is 5. The fourth-order valence-corrected chi connectivity index (χ4v) is 3.22. The molecule has 0 atom stereocenters. The maximum Gasteiger partial charge on any atom is 0.0945 e. The average Bonchev–Trinajstić information content (AvgIpc) is 3.30. The predicted octanol–water partition coefficient (Wildman–Crippen LogP) is 8.90. The van der Waals surface area contributed by atoms with Gasteiger partial charge in [-0.05, 0) is 54.2 Å². The Labute approximate surface area is 216 Å². The Kier molecular flexibility index (Phi) is 15.8. The third-order valence-electron chi connectivity index (χ3n) is 4.79. The van der Waals surface area contributed by atoms with Crippen molar-refractivity contribution in [2.75, 3.05) is 0 Å². The molecule has 0 unspecified atom stereocenters. The van der Waals surface area contributed by atoms with Gasteiger partial charge in [0.25, 0.3) is 0 Å². The highest BCUT2D eigenvalue weighted by Crippen LogP contribution is 2.20. The number of rotatable bonds is 3. The summed E-state index contributed by atoms with van der Waals surface area (Å²) in [6, 6.07) is 19.9. The molecule has 0 aliphatic heterocycles. The molecule has 3 nitrogen and oxygen atoms in total. The molecule has 0 spiro atoms. The van der Waals surface area contributed by atoms with Gasteiger partial charge in [-0.15, -0.1) is 5.73 Å². The van der Waals surface area contributed by atoms with E-state index < -0.39 is 0 Å². The fraction of sp³-hybridized carbons (Fsp3) is 0.258. The molecular formula is C31H36ClN3. The first kappa shape index (κ1) is 29.5. The maximum absolute atomic E-state index is 7.32. The Balaban J connectivity index is 0.000000303. The molecule has 1 heterocycles. The van der Waals surface area contributed by atoms with Crippen molar-refractivity contribution in [2.24, 2.45) is 7.05 Å². The van der Waals surface area contributed by atoms with Crippen LogP contribution in [0.1, 0.15) is 45.7 Å². The lowest BCUT2D eigenvalue weighted by Crippen LogP contribution is -1.96. The summed E-state index contributed by atoms with van der Waals surface area (Å²) in [6.07, 6.45) is 18.6. The van der Waals surface area contributed by atoms with Crippen molar-refractivity contribution in [3.8, 4) is 17.2 Å². The van der Waals surface area contributed by atoms with Crippen molar-refractivity contribution in [1.29, 1.82) is 5.26 Å². The molecule has 0 amide bonds. The van der Waals surface area contributed by atoms with E-state index in [1.165, 1.54) is 29.3 Å². The lowest BCUT2D eigenvalue weighted by molar-refractivity contribution is 0.833. The number of hydrogen-bond acceptors (Lipinski definition) is 2. The maximum atomic E-state index is 7.32. The first-order chi connectivity index (χ1) is 17.1. The smallest absolute Gasteiger partial charge is 0.0945 e. The fourth-order valence-electron chi connectivity index (χ4n) is 3.09. The number of hydrogen-bond donors (Lipinski definition) is 0. The summed E-state index contributed by atoms with van der Waals surface area (Å²) in [7, 11) is 2.03. The third-order valence-corrected chi connectivity index (χ3v) is 5.04. The van der Waals surface area contributed by atoms with Crippen LogP contribution in [0.4, 0.5) is 0 Å². The number of imidazole rings is 1. The van der Waals surface area contributed by atoms with E-state index in [2.05, 4.69) is 57.8 Å². The number of aromatic nitrogens is 2. The van der Waals surface area contributed by atoms with Gasteiger partial charge >= 0.3 is 0 Å². The highest BCUT2D eigenvalue weighted by Gasteiger charge is 2.01. The van der Waals surface area contributed by atoms with Gasteiger partial charge in [0.05, 0.1) is 12.4 Å². The van der Waals surface area contributed by atoms with Crippen molar-refractivity contribution >= 4 is 11.6 Å². The lowest BCUT2D eigenvalue weighted by atomic mass is 10.1. The van der Waals surface area contributed by atoms with Crippen LogP contribution in [0.2, 0.25) is 5.02 Å². The zero-order valence-electron chi connectivity index (χ0n) is 21.3. The highest BCUT2D eigenvalue weighted by atomic mass is 35.5. The lowest BCUT2D eigenvalue weighted by Gasteiger charge is -2.03. The molecule has 0 radical (unpaired) electrons. The molecule has 0 fully saturated rings. The predicted molar refractivity (Wildman–Crippen MR) is 150 cm³/mol. The van der Waals surface area contributed by atoms with Crippen molar-refractivity contribution in [3.63, 3.8) is 0 Å². The van der Waals surface area contributed by atoms with Crippen LogP contribution in [0.25, 0.3) is 11.1 Å². The van der Waals surface area contributed by atoms with E-state index in [9.17, 15) is 0 Å². The molecule has 4 rings (SSSR count). The number of halogens is 1. The van der Waals surface area contributed by atoms with Gasteiger partial charge in [-0.1, -0.05) is 92.2 Å².